The summed E-state index contributed by atoms with van der Waals surface area (Å²) in [6.07, 6.45) is -0.860. The van der Waals surface area contributed by atoms with Crippen molar-refractivity contribution in [1.82, 2.24) is 0 Å². The van der Waals surface area contributed by atoms with Crippen LogP contribution in [0.25, 0.3) is 0 Å². The fraction of sp³-hybridized carbons (Fsp3) is 0.278. The van der Waals surface area contributed by atoms with Crippen molar-refractivity contribution in [1.29, 1.82) is 0 Å². The van der Waals surface area contributed by atoms with Crippen molar-refractivity contribution in [2.24, 2.45) is 0 Å². The molecule has 1 amide bonds. The zero-order chi connectivity index (χ0) is 19.3. The Hall–Kier alpha value is -2.80. The highest BCUT2D eigenvalue weighted by molar-refractivity contribution is 6.30. The van der Waals surface area contributed by atoms with E-state index in [4.69, 9.17) is 21.1 Å². The van der Waals surface area contributed by atoms with Gasteiger partial charge in [-0.05, 0) is 56.7 Å². The number of benzene rings is 2. The molecule has 0 heterocycles. The third-order valence-corrected chi connectivity index (χ3v) is 3.78. The van der Waals surface area contributed by atoms with E-state index >= 15 is 0 Å². The summed E-state index contributed by atoms with van der Waals surface area (Å²) < 4.78 is 10.9. The number of halogens is 1. The smallest absolute Gasteiger partial charge is 0.296 e. The Balaban J connectivity index is 2.14. The van der Waals surface area contributed by atoms with E-state index in [0.29, 0.717) is 23.1 Å². The van der Waals surface area contributed by atoms with Gasteiger partial charge in [0.05, 0.1) is 17.6 Å². The molecule has 0 saturated heterocycles. The van der Waals surface area contributed by atoms with Gasteiger partial charge in [-0.15, -0.1) is 0 Å². The predicted octanol–water partition coefficient (Wildman–Crippen LogP) is 4.36. The number of rotatable bonds is 7. The molecule has 0 fully saturated rings. The number of aryl methyl sites for hydroxylation is 1. The van der Waals surface area contributed by atoms with Crippen molar-refractivity contribution in [3.8, 4) is 11.5 Å². The average Bonchev–Trinajstić information content (AvgIpc) is 2.58. The van der Waals surface area contributed by atoms with E-state index in [2.05, 4.69) is 5.32 Å². The SMILES string of the molecule is CCOc1ccc(NC(=O)C(C)Oc2ccc(Cl)cc2C)c([N+](=O)[O-])c1. The van der Waals surface area contributed by atoms with Crippen LogP contribution in [0.3, 0.4) is 0 Å². The van der Waals surface area contributed by atoms with Crippen LogP contribution < -0.4 is 14.8 Å². The first-order valence-corrected chi connectivity index (χ1v) is 8.34. The number of nitro benzene ring substituents is 1. The van der Waals surface area contributed by atoms with Crippen LogP contribution in [-0.4, -0.2) is 23.5 Å². The van der Waals surface area contributed by atoms with Gasteiger partial charge in [-0.25, -0.2) is 0 Å². The standard InChI is InChI=1S/C18H19ClN2O5/c1-4-25-14-6-7-15(16(10-14)21(23)24)20-18(22)12(3)26-17-8-5-13(19)9-11(17)2/h5-10,12H,4H2,1-3H3,(H,20,22). The zero-order valence-corrected chi connectivity index (χ0v) is 15.4. The van der Waals surface area contributed by atoms with Crippen LogP contribution in [0.15, 0.2) is 36.4 Å². The zero-order valence-electron chi connectivity index (χ0n) is 14.6. The van der Waals surface area contributed by atoms with Crippen molar-refractivity contribution in [3.05, 3.63) is 57.1 Å². The fourth-order valence-electron chi connectivity index (χ4n) is 2.25. The second-order valence-corrected chi connectivity index (χ2v) is 5.96. The number of carbonyl (C=O) groups is 1. The van der Waals surface area contributed by atoms with E-state index in [9.17, 15) is 14.9 Å². The molecule has 7 nitrogen and oxygen atoms in total. The maximum Gasteiger partial charge on any atom is 0.296 e. The van der Waals surface area contributed by atoms with Gasteiger partial charge in [0.2, 0.25) is 0 Å². The number of nitro groups is 1. The lowest BCUT2D eigenvalue weighted by Crippen LogP contribution is -2.30. The highest BCUT2D eigenvalue weighted by Crippen LogP contribution is 2.29. The van der Waals surface area contributed by atoms with Crippen LogP contribution in [0.2, 0.25) is 5.02 Å². The monoisotopic (exact) mass is 378 g/mol. The Morgan fingerprint density at radius 1 is 1.31 bits per heavy atom. The van der Waals surface area contributed by atoms with Crippen LogP contribution in [0.4, 0.5) is 11.4 Å². The van der Waals surface area contributed by atoms with Crippen molar-refractivity contribution >= 4 is 28.9 Å². The van der Waals surface area contributed by atoms with Crippen LogP contribution in [0.1, 0.15) is 19.4 Å². The number of ether oxygens (including phenoxy) is 2. The molecule has 1 atom stereocenters. The highest BCUT2D eigenvalue weighted by Gasteiger charge is 2.21. The molecule has 0 aliphatic heterocycles. The first kappa shape index (κ1) is 19.5. The average molecular weight is 379 g/mol. The van der Waals surface area contributed by atoms with Gasteiger partial charge in [-0.3, -0.25) is 14.9 Å². The van der Waals surface area contributed by atoms with Gasteiger partial charge in [-0.2, -0.15) is 0 Å². The van der Waals surface area contributed by atoms with Crippen molar-refractivity contribution < 1.29 is 19.2 Å². The third kappa shape index (κ3) is 4.86. The topological polar surface area (TPSA) is 90.7 Å². The number of hydrogen-bond acceptors (Lipinski definition) is 5. The van der Waals surface area contributed by atoms with E-state index in [1.807, 2.05) is 6.92 Å². The Kier molecular flexibility index (Phi) is 6.41. The largest absolute Gasteiger partial charge is 0.494 e. The molecule has 2 aromatic rings. The minimum absolute atomic E-state index is 0.0757. The maximum atomic E-state index is 12.4. The molecule has 0 bridgehead atoms. The van der Waals surface area contributed by atoms with Gasteiger partial charge in [0, 0.05) is 5.02 Å². The van der Waals surface area contributed by atoms with Crippen molar-refractivity contribution in [3.63, 3.8) is 0 Å². The molecule has 2 rings (SSSR count). The summed E-state index contributed by atoms with van der Waals surface area (Å²) in [7, 11) is 0. The number of hydrogen-bond donors (Lipinski definition) is 1. The Labute approximate surface area is 156 Å². The molecule has 0 saturated carbocycles. The lowest BCUT2D eigenvalue weighted by atomic mass is 10.2. The second-order valence-electron chi connectivity index (χ2n) is 5.53. The van der Waals surface area contributed by atoms with Gasteiger partial charge < -0.3 is 14.8 Å². The van der Waals surface area contributed by atoms with Crippen LogP contribution in [0.5, 0.6) is 11.5 Å². The molecule has 0 spiro atoms. The summed E-state index contributed by atoms with van der Waals surface area (Å²) in [6, 6.07) is 9.31. The van der Waals surface area contributed by atoms with E-state index in [1.54, 1.807) is 38.1 Å². The summed E-state index contributed by atoms with van der Waals surface area (Å²) in [4.78, 5) is 23.0. The predicted molar refractivity (Wildman–Crippen MR) is 99.2 cm³/mol. The third-order valence-electron chi connectivity index (χ3n) is 3.54. The molecule has 0 aliphatic rings. The number of carbonyl (C=O) groups excluding carboxylic acids is 1. The van der Waals surface area contributed by atoms with Gasteiger partial charge in [0.25, 0.3) is 11.6 Å². The maximum absolute atomic E-state index is 12.4. The van der Waals surface area contributed by atoms with Crippen LogP contribution >= 0.6 is 11.6 Å². The molecule has 0 aliphatic carbocycles. The van der Waals surface area contributed by atoms with Crippen molar-refractivity contribution in [2.75, 3.05) is 11.9 Å². The minimum atomic E-state index is -0.860. The Morgan fingerprint density at radius 2 is 2.04 bits per heavy atom. The highest BCUT2D eigenvalue weighted by atomic mass is 35.5. The fourth-order valence-corrected chi connectivity index (χ4v) is 2.47. The first-order valence-electron chi connectivity index (χ1n) is 7.96. The van der Waals surface area contributed by atoms with Gasteiger partial charge in [-0.1, -0.05) is 11.6 Å². The first-order chi connectivity index (χ1) is 12.3. The molecule has 1 N–H and O–H groups in total. The number of amides is 1. The minimum Gasteiger partial charge on any atom is -0.494 e. The molecule has 2 aromatic carbocycles. The summed E-state index contributed by atoms with van der Waals surface area (Å²) in [6.45, 7) is 5.53. The summed E-state index contributed by atoms with van der Waals surface area (Å²) in [5.41, 5.74) is 0.607. The summed E-state index contributed by atoms with van der Waals surface area (Å²) >= 11 is 5.90. The lowest BCUT2D eigenvalue weighted by Gasteiger charge is -2.16. The molecular formula is C18H19ClN2O5. The molecular weight excluding hydrogens is 360 g/mol. The van der Waals surface area contributed by atoms with E-state index in [1.165, 1.54) is 12.1 Å². The van der Waals surface area contributed by atoms with Crippen LogP contribution in [-0.2, 0) is 4.79 Å². The van der Waals surface area contributed by atoms with Crippen LogP contribution in [0, 0.1) is 17.0 Å². The molecule has 0 aromatic heterocycles. The summed E-state index contributed by atoms with van der Waals surface area (Å²) in [5.74, 6) is 0.364. The number of nitrogens with one attached hydrogen (secondary N) is 1. The normalized spacial score (nSPS) is 11.5. The van der Waals surface area contributed by atoms with E-state index in [-0.39, 0.29) is 11.4 Å². The second kappa shape index (κ2) is 8.53. The Morgan fingerprint density at radius 3 is 2.65 bits per heavy atom. The number of nitrogens with zero attached hydrogens (tertiary/aromatic N) is 1. The van der Waals surface area contributed by atoms with E-state index in [0.717, 1.165) is 5.56 Å². The van der Waals surface area contributed by atoms with Gasteiger partial charge in [0.1, 0.15) is 17.2 Å². The molecule has 8 heteroatoms. The van der Waals surface area contributed by atoms with E-state index < -0.39 is 16.9 Å². The molecule has 1 unspecified atom stereocenters. The molecule has 138 valence electrons. The van der Waals surface area contributed by atoms with Gasteiger partial charge in [0.15, 0.2) is 6.10 Å². The summed E-state index contributed by atoms with van der Waals surface area (Å²) in [5, 5.41) is 14.3. The van der Waals surface area contributed by atoms with Gasteiger partial charge >= 0.3 is 0 Å². The Bertz CT molecular complexity index is 825. The quantitative estimate of drug-likeness (QED) is 0.571. The molecule has 0 radical (unpaired) electrons. The van der Waals surface area contributed by atoms with Crippen molar-refractivity contribution in [2.45, 2.75) is 26.9 Å². The number of anilines is 1. The lowest BCUT2D eigenvalue weighted by molar-refractivity contribution is -0.384. The molecule has 26 heavy (non-hydrogen) atoms.